The van der Waals surface area contributed by atoms with Crippen LogP contribution in [-0.2, 0) is 0 Å². The van der Waals surface area contributed by atoms with Crippen LogP contribution in [-0.4, -0.2) is 28.7 Å². The summed E-state index contributed by atoms with van der Waals surface area (Å²) < 4.78 is 1.04. The third-order valence-corrected chi connectivity index (χ3v) is 4.91. The van der Waals surface area contributed by atoms with Crippen LogP contribution >= 0.6 is 38.5 Å². The number of benzene rings is 1. The molecule has 1 aromatic rings. The molecule has 18 heavy (non-hydrogen) atoms. The Hall–Kier alpha value is -0.100. The number of hydrogen-bond donors (Lipinski definition) is 0. The molecule has 4 heteroatoms. The fourth-order valence-corrected chi connectivity index (χ4v) is 3.04. The predicted octanol–water partition coefficient (Wildman–Crippen LogP) is 4.07. The van der Waals surface area contributed by atoms with Crippen molar-refractivity contribution in [1.29, 1.82) is 0 Å². The van der Waals surface area contributed by atoms with E-state index < -0.39 is 0 Å². The first-order valence-electron chi connectivity index (χ1n) is 6.35. The normalized spacial score (nSPS) is 15.2. The fourth-order valence-electron chi connectivity index (χ4n) is 2.17. The molecule has 0 aromatic heterocycles. The molecule has 1 amide bonds. The maximum atomic E-state index is 12.6. The van der Waals surface area contributed by atoms with E-state index >= 15 is 0 Å². The lowest BCUT2D eigenvalue weighted by Crippen LogP contribution is -2.45. The molecule has 1 aliphatic rings. The van der Waals surface area contributed by atoms with Gasteiger partial charge in [0.1, 0.15) is 0 Å². The Balaban J connectivity index is 2.14. The van der Waals surface area contributed by atoms with Gasteiger partial charge >= 0.3 is 0 Å². The summed E-state index contributed by atoms with van der Waals surface area (Å²) in [6.07, 6.45) is 4.61. The van der Waals surface area contributed by atoms with Crippen molar-refractivity contribution in [3.63, 3.8) is 0 Å². The number of hydrogen-bond acceptors (Lipinski definition) is 1. The summed E-state index contributed by atoms with van der Waals surface area (Å²) in [6, 6.07) is 8.32. The second kappa shape index (κ2) is 6.89. The zero-order chi connectivity index (χ0) is 13.0. The fraction of sp³-hybridized carbons (Fsp3) is 0.500. The smallest absolute Gasteiger partial charge is 0.255 e. The van der Waals surface area contributed by atoms with Crippen LogP contribution in [0.3, 0.4) is 0 Å². The highest BCUT2D eigenvalue weighted by Gasteiger charge is 2.29. The number of halogens is 2. The quantitative estimate of drug-likeness (QED) is 0.518. The van der Waals surface area contributed by atoms with Crippen LogP contribution in [0, 0.1) is 3.57 Å². The molecule has 0 unspecified atom stereocenters. The summed E-state index contributed by atoms with van der Waals surface area (Å²) in [4.78, 5) is 14.7. The lowest BCUT2D eigenvalue weighted by atomic mass is 9.91. The Morgan fingerprint density at radius 1 is 1.39 bits per heavy atom. The van der Waals surface area contributed by atoms with Gasteiger partial charge in [0.15, 0.2) is 0 Å². The van der Waals surface area contributed by atoms with Crippen molar-refractivity contribution < 1.29 is 4.79 Å². The molecule has 0 spiro atoms. The van der Waals surface area contributed by atoms with Crippen LogP contribution in [0.2, 0.25) is 0 Å². The number of carbonyl (C=O) groups is 1. The van der Waals surface area contributed by atoms with Gasteiger partial charge in [0.2, 0.25) is 0 Å². The lowest BCUT2D eigenvalue weighted by molar-refractivity contribution is 0.0580. The molecule has 0 atom stereocenters. The summed E-state index contributed by atoms with van der Waals surface area (Å²) in [5.74, 6) is 0.200. The van der Waals surface area contributed by atoms with Gasteiger partial charge in [-0.2, -0.15) is 0 Å². The summed E-state index contributed by atoms with van der Waals surface area (Å²) >= 11 is 5.69. The highest BCUT2D eigenvalue weighted by molar-refractivity contribution is 14.1. The number of nitrogens with zero attached hydrogens (tertiary/aromatic N) is 1. The van der Waals surface area contributed by atoms with Gasteiger partial charge in [-0.1, -0.05) is 28.1 Å². The summed E-state index contributed by atoms with van der Waals surface area (Å²) in [6.45, 7) is 0.861. The largest absolute Gasteiger partial charge is 0.336 e. The highest BCUT2D eigenvalue weighted by Crippen LogP contribution is 2.27. The van der Waals surface area contributed by atoms with Gasteiger partial charge in [-0.3, -0.25) is 4.79 Å². The first kappa shape index (κ1) is 14.3. The Morgan fingerprint density at radius 3 is 2.67 bits per heavy atom. The van der Waals surface area contributed by atoms with Crippen LogP contribution in [0.15, 0.2) is 24.3 Å². The minimum Gasteiger partial charge on any atom is -0.336 e. The van der Waals surface area contributed by atoms with E-state index in [1.165, 1.54) is 6.42 Å². The van der Waals surface area contributed by atoms with Crippen LogP contribution in [0.25, 0.3) is 0 Å². The Morgan fingerprint density at radius 2 is 2.11 bits per heavy atom. The first-order chi connectivity index (χ1) is 8.74. The van der Waals surface area contributed by atoms with Crippen LogP contribution in [0.5, 0.6) is 0 Å². The second-order valence-electron chi connectivity index (χ2n) is 4.61. The van der Waals surface area contributed by atoms with Gasteiger partial charge in [-0.25, -0.2) is 0 Å². The summed E-state index contributed by atoms with van der Waals surface area (Å²) in [5.41, 5.74) is 0.847. The van der Waals surface area contributed by atoms with E-state index in [0.717, 1.165) is 40.3 Å². The Kier molecular flexibility index (Phi) is 5.48. The van der Waals surface area contributed by atoms with Gasteiger partial charge in [-0.05, 0) is 60.4 Å². The van der Waals surface area contributed by atoms with Crippen molar-refractivity contribution in [2.75, 3.05) is 11.9 Å². The molecule has 0 aliphatic heterocycles. The summed E-state index contributed by atoms with van der Waals surface area (Å²) in [7, 11) is 0. The van der Waals surface area contributed by atoms with Crippen LogP contribution in [0.4, 0.5) is 0 Å². The van der Waals surface area contributed by atoms with E-state index in [-0.39, 0.29) is 5.91 Å². The van der Waals surface area contributed by atoms with Crippen molar-refractivity contribution in [3.05, 3.63) is 33.4 Å². The van der Waals surface area contributed by atoms with E-state index in [9.17, 15) is 4.79 Å². The number of amides is 1. The van der Waals surface area contributed by atoms with Gasteiger partial charge < -0.3 is 4.90 Å². The topological polar surface area (TPSA) is 20.3 Å². The molecule has 1 fully saturated rings. The maximum Gasteiger partial charge on any atom is 0.255 e. The molecule has 0 bridgehead atoms. The number of carbonyl (C=O) groups excluding carboxylic acids is 1. The monoisotopic (exact) mass is 421 g/mol. The molecule has 1 saturated carbocycles. The second-order valence-corrected chi connectivity index (χ2v) is 6.56. The minimum absolute atomic E-state index is 0.200. The van der Waals surface area contributed by atoms with Crippen molar-refractivity contribution in [2.24, 2.45) is 0 Å². The third-order valence-electron chi connectivity index (χ3n) is 3.41. The molecule has 1 aromatic carbocycles. The van der Waals surface area contributed by atoms with E-state index in [1.54, 1.807) is 0 Å². The molecule has 2 rings (SSSR count). The maximum absolute atomic E-state index is 12.6. The van der Waals surface area contributed by atoms with Crippen molar-refractivity contribution in [1.82, 2.24) is 4.90 Å². The van der Waals surface area contributed by atoms with Gasteiger partial charge in [0, 0.05) is 21.5 Å². The van der Waals surface area contributed by atoms with Crippen LogP contribution in [0.1, 0.15) is 36.0 Å². The minimum atomic E-state index is 0.200. The third kappa shape index (κ3) is 3.26. The average Bonchev–Trinajstić information content (AvgIpc) is 2.32. The first-order valence-corrected chi connectivity index (χ1v) is 8.55. The van der Waals surface area contributed by atoms with Crippen molar-refractivity contribution in [2.45, 2.75) is 31.7 Å². The molecule has 1 aliphatic carbocycles. The standard InChI is InChI=1S/C14H17BrINO/c15-9-4-10-17(11-5-3-6-11)14(18)12-7-1-2-8-13(12)16/h1-2,7-8,11H,3-6,9-10H2. The van der Waals surface area contributed by atoms with E-state index in [2.05, 4.69) is 43.4 Å². The predicted molar refractivity (Wildman–Crippen MR) is 86.2 cm³/mol. The van der Waals surface area contributed by atoms with E-state index in [4.69, 9.17) is 0 Å². The molecular weight excluding hydrogens is 405 g/mol. The highest BCUT2D eigenvalue weighted by atomic mass is 127. The summed E-state index contributed by atoms with van der Waals surface area (Å²) in [5, 5.41) is 0.954. The van der Waals surface area contributed by atoms with Gasteiger partial charge in [0.25, 0.3) is 5.91 Å². The molecule has 0 N–H and O–H groups in total. The van der Waals surface area contributed by atoms with Crippen molar-refractivity contribution in [3.8, 4) is 0 Å². The molecule has 0 saturated heterocycles. The van der Waals surface area contributed by atoms with Gasteiger partial charge in [-0.15, -0.1) is 0 Å². The zero-order valence-corrected chi connectivity index (χ0v) is 14.0. The molecular formula is C14H17BrINO. The number of rotatable bonds is 5. The molecule has 0 radical (unpaired) electrons. The lowest BCUT2D eigenvalue weighted by Gasteiger charge is -2.37. The SMILES string of the molecule is O=C(c1ccccc1I)N(CCCBr)C1CCC1. The average molecular weight is 422 g/mol. The number of alkyl halides is 1. The molecule has 0 heterocycles. The van der Waals surface area contributed by atoms with Crippen LogP contribution < -0.4 is 0 Å². The van der Waals surface area contributed by atoms with E-state index in [0.29, 0.717) is 6.04 Å². The molecule has 2 nitrogen and oxygen atoms in total. The molecule has 98 valence electrons. The van der Waals surface area contributed by atoms with Crippen molar-refractivity contribution >= 4 is 44.4 Å². The zero-order valence-electron chi connectivity index (χ0n) is 10.2. The van der Waals surface area contributed by atoms with E-state index in [1.807, 2.05) is 24.3 Å². The van der Waals surface area contributed by atoms with Gasteiger partial charge in [0.05, 0.1) is 5.56 Å². The Bertz CT molecular complexity index is 420. The Labute approximate surface area is 130 Å².